The van der Waals surface area contributed by atoms with Crippen LogP contribution < -0.4 is 5.32 Å². The lowest BCUT2D eigenvalue weighted by Gasteiger charge is -2.31. The second-order valence-corrected chi connectivity index (χ2v) is 6.80. The summed E-state index contributed by atoms with van der Waals surface area (Å²) in [5, 5.41) is 20.7. The number of nitrogens with zero attached hydrogens (tertiary/aromatic N) is 4. The van der Waals surface area contributed by atoms with E-state index in [0.717, 1.165) is 0 Å². The molecule has 0 radical (unpaired) electrons. The number of hydrogen-bond acceptors (Lipinski definition) is 6. The van der Waals surface area contributed by atoms with E-state index in [9.17, 15) is 19.1 Å². The zero-order valence-electron chi connectivity index (χ0n) is 16.1. The number of hydrogen-bond donors (Lipinski definition) is 2. The van der Waals surface area contributed by atoms with Gasteiger partial charge in [-0.05, 0) is 25.8 Å². The minimum absolute atomic E-state index is 0.0286. The van der Waals surface area contributed by atoms with Crippen LogP contribution in [-0.4, -0.2) is 62.7 Å². The molecule has 1 aliphatic heterocycles. The van der Waals surface area contributed by atoms with E-state index in [-0.39, 0.29) is 35.8 Å². The molecule has 2 N–H and O–H groups in total. The molecule has 0 saturated carbocycles. The summed E-state index contributed by atoms with van der Waals surface area (Å²) in [5.41, 5.74) is 0.265. The zero-order valence-corrected chi connectivity index (χ0v) is 16.1. The van der Waals surface area contributed by atoms with Crippen molar-refractivity contribution in [2.45, 2.75) is 38.5 Å². The molecule has 156 valence electrons. The van der Waals surface area contributed by atoms with Gasteiger partial charge in [-0.1, -0.05) is 23.4 Å². The van der Waals surface area contributed by atoms with Crippen molar-refractivity contribution < 1.29 is 23.8 Å². The van der Waals surface area contributed by atoms with Crippen molar-refractivity contribution in [3.63, 3.8) is 0 Å². The monoisotopic (exact) mass is 405 g/mol. The number of aliphatic hydroxyl groups is 1. The number of amides is 2. The molecule has 3 rings (SSSR count). The van der Waals surface area contributed by atoms with Crippen molar-refractivity contribution >= 4 is 12.0 Å². The number of likely N-dealkylation sites (tertiary alicyclic amines) is 1. The highest BCUT2D eigenvalue weighted by atomic mass is 19.1. The smallest absolute Gasteiger partial charge is 0.409 e. The van der Waals surface area contributed by atoms with Gasteiger partial charge in [0.2, 0.25) is 0 Å². The molecule has 2 aromatic rings. The number of ether oxygens (including phenoxy) is 1. The Balaban J connectivity index is 1.51. The molecule has 1 aromatic carbocycles. The van der Waals surface area contributed by atoms with Crippen LogP contribution in [0.2, 0.25) is 0 Å². The third kappa shape index (κ3) is 5.29. The van der Waals surface area contributed by atoms with E-state index < -0.39 is 11.9 Å². The second kappa shape index (κ2) is 9.46. The van der Waals surface area contributed by atoms with Crippen molar-refractivity contribution in [3.8, 4) is 0 Å². The predicted octanol–water partition coefficient (Wildman–Crippen LogP) is 1.50. The number of carbonyl (C=O) groups is 2. The highest BCUT2D eigenvalue weighted by Gasteiger charge is 2.25. The average Bonchev–Trinajstić information content (AvgIpc) is 3.17. The number of halogens is 1. The third-order valence-electron chi connectivity index (χ3n) is 4.75. The number of benzene rings is 1. The van der Waals surface area contributed by atoms with Crippen LogP contribution in [0.5, 0.6) is 0 Å². The molecule has 0 aliphatic carbocycles. The van der Waals surface area contributed by atoms with Crippen molar-refractivity contribution in [3.05, 3.63) is 47.5 Å². The number of nitrogens with one attached hydrogen (secondary N) is 1. The fourth-order valence-electron chi connectivity index (χ4n) is 3.19. The zero-order chi connectivity index (χ0) is 20.8. The van der Waals surface area contributed by atoms with Crippen LogP contribution in [0, 0.1) is 5.82 Å². The Kier molecular flexibility index (Phi) is 6.76. The van der Waals surface area contributed by atoms with Crippen LogP contribution in [0.25, 0.3) is 0 Å². The summed E-state index contributed by atoms with van der Waals surface area (Å²) in [6.07, 6.45) is 1.19. The van der Waals surface area contributed by atoms with Crippen molar-refractivity contribution in [2.24, 2.45) is 0 Å². The van der Waals surface area contributed by atoms with Gasteiger partial charge in [0.25, 0.3) is 5.91 Å². The molecular weight excluding hydrogens is 381 g/mol. The Bertz CT molecular complexity index is 851. The third-order valence-corrected chi connectivity index (χ3v) is 4.75. The van der Waals surface area contributed by atoms with Crippen molar-refractivity contribution in [1.82, 2.24) is 25.2 Å². The normalized spacial score (nSPS) is 15.8. The maximum atomic E-state index is 13.8. The fourth-order valence-corrected chi connectivity index (χ4v) is 3.19. The topological polar surface area (TPSA) is 110 Å². The van der Waals surface area contributed by atoms with Crippen LogP contribution in [-0.2, 0) is 11.3 Å². The summed E-state index contributed by atoms with van der Waals surface area (Å²) >= 11 is 0. The molecule has 0 bridgehead atoms. The molecule has 9 nitrogen and oxygen atoms in total. The molecule has 29 heavy (non-hydrogen) atoms. The van der Waals surface area contributed by atoms with E-state index in [1.165, 1.54) is 23.0 Å². The number of carbonyl (C=O) groups excluding carboxylic acids is 2. The second-order valence-electron chi connectivity index (χ2n) is 6.80. The van der Waals surface area contributed by atoms with Gasteiger partial charge in [-0.2, -0.15) is 0 Å². The molecule has 2 heterocycles. The first-order valence-electron chi connectivity index (χ1n) is 9.53. The van der Waals surface area contributed by atoms with Gasteiger partial charge in [0, 0.05) is 24.7 Å². The van der Waals surface area contributed by atoms with Gasteiger partial charge in [0.15, 0.2) is 5.69 Å². The molecular formula is C19H24FN5O4. The van der Waals surface area contributed by atoms with Crippen molar-refractivity contribution in [1.29, 1.82) is 0 Å². The predicted molar refractivity (Wildman–Crippen MR) is 100 cm³/mol. The molecule has 0 spiro atoms. The lowest BCUT2D eigenvalue weighted by Crippen LogP contribution is -2.46. The first-order valence-corrected chi connectivity index (χ1v) is 9.53. The van der Waals surface area contributed by atoms with Crippen LogP contribution in [0.4, 0.5) is 9.18 Å². The van der Waals surface area contributed by atoms with E-state index in [1.807, 2.05) is 0 Å². The molecule has 1 fully saturated rings. The maximum absolute atomic E-state index is 13.8. The lowest BCUT2D eigenvalue weighted by molar-refractivity contribution is 0.0856. The molecule has 1 atom stereocenters. The first-order chi connectivity index (χ1) is 14.0. The molecule has 1 saturated heterocycles. The van der Waals surface area contributed by atoms with Gasteiger partial charge in [0.1, 0.15) is 11.9 Å². The molecule has 10 heteroatoms. The summed E-state index contributed by atoms with van der Waals surface area (Å²) in [7, 11) is 0. The summed E-state index contributed by atoms with van der Waals surface area (Å²) in [4.78, 5) is 25.7. The van der Waals surface area contributed by atoms with E-state index >= 15 is 0 Å². The Morgan fingerprint density at radius 2 is 2.07 bits per heavy atom. The van der Waals surface area contributed by atoms with Crippen LogP contribution in [0.1, 0.15) is 41.9 Å². The Morgan fingerprint density at radius 1 is 1.34 bits per heavy atom. The number of rotatable bonds is 6. The lowest BCUT2D eigenvalue weighted by atomic mass is 10.1. The van der Waals surface area contributed by atoms with E-state index in [1.54, 1.807) is 24.0 Å². The number of piperidine rings is 1. The molecule has 1 aliphatic rings. The Labute approximate surface area is 167 Å². The minimum Gasteiger partial charge on any atom is -0.450 e. The minimum atomic E-state index is -1.11. The summed E-state index contributed by atoms with van der Waals surface area (Å²) in [6, 6.07) is 5.86. The maximum Gasteiger partial charge on any atom is 0.409 e. The fraction of sp³-hybridized carbons (Fsp3) is 0.474. The van der Waals surface area contributed by atoms with Gasteiger partial charge >= 0.3 is 6.09 Å². The summed E-state index contributed by atoms with van der Waals surface area (Å²) in [6.45, 7) is 3.07. The Morgan fingerprint density at radius 3 is 2.76 bits per heavy atom. The highest BCUT2D eigenvalue weighted by Crippen LogP contribution is 2.18. The SMILES string of the molecule is CCOC(=O)N1CCC(NC(=O)c2cn(CC(O)c3ccccc3F)nn2)CC1. The Hall–Kier alpha value is -3.01. The van der Waals surface area contributed by atoms with E-state index in [4.69, 9.17) is 4.74 Å². The van der Waals surface area contributed by atoms with Gasteiger partial charge in [-0.15, -0.1) is 5.10 Å². The van der Waals surface area contributed by atoms with Gasteiger partial charge < -0.3 is 20.1 Å². The molecule has 1 aromatic heterocycles. The van der Waals surface area contributed by atoms with Crippen LogP contribution in [0.15, 0.2) is 30.5 Å². The summed E-state index contributed by atoms with van der Waals surface area (Å²) in [5.74, 6) is -0.890. The summed E-state index contributed by atoms with van der Waals surface area (Å²) < 4.78 is 20.0. The van der Waals surface area contributed by atoms with E-state index in [0.29, 0.717) is 32.5 Å². The molecule has 1 unspecified atom stereocenters. The van der Waals surface area contributed by atoms with Gasteiger partial charge in [-0.3, -0.25) is 4.79 Å². The van der Waals surface area contributed by atoms with Crippen LogP contribution >= 0.6 is 0 Å². The number of aliphatic hydroxyl groups excluding tert-OH is 1. The largest absolute Gasteiger partial charge is 0.450 e. The van der Waals surface area contributed by atoms with Gasteiger partial charge in [0.05, 0.1) is 19.3 Å². The standard InChI is InChI=1S/C19H24FN5O4/c1-2-29-19(28)24-9-7-13(8-10-24)21-18(27)16-11-25(23-22-16)12-17(26)14-5-3-4-6-15(14)20/h3-6,11,13,17,26H,2,7-10,12H2,1H3,(H,21,27). The van der Waals surface area contributed by atoms with Crippen LogP contribution in [0.3, 0.4) is 0 Å². The number of aromatic nitrogens is 3. The van der Waals surface area contributed by atoms with Gasteiger partial charge in [-0.25, -0.2) is 13.9 Å². The average molecular weight is 405 g/mol. The molecule has 2 amide bonds. The highest BCUT2D eigenvalue weighted by molar-refractivity contribution is 5.92. The first kappa shape index (κ1) is 20.7. The quantitative estimate of drug-likeness (QED) is 0.754. The van der Waals surface area contributed by atoms with E-state index in [2.05, 4.69) is 15.6 Å². The van der Waals surface area contributed by atoms with Crippen molar-refractivity contribution in [2.75, 3.05) is 19.7 Å².